The molecule has 1 unspecified atom stereocenters. The highest BCUT2D eigenvalue weighted by Crippen LogP contribution is 2.47. The summed E-state index contributed by atoms with van der Waals surface area (Å²) in [5, 5.41) is 11.9. The third kappa shape index (κ3) is 6.59. The van der Waals surface area contributed by atoms with Gasteiger partial charge in [0, 0.05) is 56.5 Å². The molecular weight excluding hydrogens is 628 g/mol. The molecule has 6 nitrogen and oxygen atoms in total. The molecule has 1 aliphatic rings. The molecule has 1 N–H and O–H groups in total. The van der Waals surface area contributed by atoms with Crippen LogP contribution in [0.3, 0.4) is 0 Å². The van der Waals surface area contributed by atoms with Crippen LogP contribution in [-0.4, -0.2) is 32.5 Å². The standard InChI is InChI=1S/C39H33ClN2O4S/c1-25-20-32-36(46-24-30-15-14-28(22-41-30)27-9-3-2-4-10-27)17-16-33-37(32)38(47-25)34(42(33)23-26-8-7-11-29(40)21-26)18-19-45-35-13-6-5-12-31(35)39(43)44/h2-17,21-22,25H,18-20,23-24H2,1H3,(H,43,44). The molecule has 3 heterocycles. The highest BCUT2D eigenvalue weighted by Gasteiger charge is 2.29. The Morgan fingerprint density at radius 1 is 0.936 bits per heavy atom. The van der Waals surface area contributed by atoms with E-state index in [1.165, 1.54) is 15.8 Å². The number of ether oxygens (including phenoxy) is 2. The number of carbonyl (C=O) groups is 1. The van der Waals surface area contributed by atoms with E-state index < -0.39 is 5.97 Å². The topological polar surface area (TPSA) is 73.6 Å². The van der Waals surface area contributed by atoms with Crippen molar-refractivity contribution in [2.75, 3.05) is 6.61 Å². The van der Waals surface area contributed by atoms with Crippen molar-refractivity contribution in [1.29, 1.82) is 0 Å². The molecule has 7 rings (SSSR count). The van der Waals surface area contributed by atoms with E-state index >= 15 is 0 Å². The summed E-state index contributed by atoms with van der Waals surface area (Å²) in [6.07, 6.45) is 3.39. The second-order valence-corrected chi connectivity index (χ2v) is 13.5. The van der Waals surface area contributed by atoms with E-state index in [-0.39, 0.29) is 5.56 Å². The first-order valence-electron chi connectivity index (χ1n) is 15.6. The second-order valence-electron chi connectivity index (χ2n) is 11.7. The van der Waals surface area contributed by atoms with E-state index in [9.17, 15) is 9.90 Å². The number of hydrogen-bond donors (Lipinski definition) is 1. The molecule has 47 heavy (non-hydrogen) atoms. The van der Waals surface area contributed by atoms with Crippen molar-refractivity contribution >= 4 is 40.2 Å². The first-order valence-corrected chi connectivity index (χ1v) is 16.9. The number of pyridine rings is 1. The number of carboxylic acids is 1. The number of benzene rings is 4. The van der Waals surface area contributed by atoms with Crippen LogP contribution >= 0.6 is 23.4 Å². The summed E-state index contributed by atoms with van der Waals surface area (Å²) in [6, 6.07) is 33.3. The zero-order valence-electron chi connectivity index (χ0n) is 25.9. The van der Waals surface area contributed by atoms with Gasteiger partial charge in [0.15, 0.2) is 0 Å². The molecular formula is C39H33ClN2O4S. The van der Waals surface area contributed by atoms with E-state index in [0.29, 0.717) is 42.2 Å². The number of aromatic nitrogens is 2. The third-order valence-electron chi connectivity index (χ3n) is 8.42. The molecule has 4 aromatic carbocycles. The molecule has 0 spiro atoms. The molecule has 0 radical (unpaired) electrons. The van der Waals surface area contributed by atoms with Crippen LogP contribution in [0.15, 0.2) is 114 Å². The van der Waals surface area contributed by atoms with Gasteiger partial charge in [-0.2, -0.15) is 0 Å². The van der Waals surface area contributed by atoms with Crippen LogP contribution in [0.5, 0.6) is 11.5 Å². The molecule has 0 aliphatic carbocycles. The van der Waals surface area contributed by atoms with Crippen molar-refractivity contribution in [2.45, 2.75) is 43.1 Å². The smallest absolute Gasteiger partial charge is 0.339 e. The van der Waals surface area contributed by atoms with Gasteiger partial charge in [0.25, 0.3) is 0 Å². The maximum Gasteiger partial charge on any atom is 0.339 e. The summed E-state index contributed by atoms with van der Waals surface area (Å²) in [6.45, 7) is 3.60. The van der Waals surface area contributed by atoms with Gasteiger partial charge in [-0.05, 0) is 60.0 Å². The molecule has 0 amide bonds. The lowest BCUT2D eigenvalue weighted by molar-refractivity contribution is 0.0692. The quantitative estimate of drug-likeness (QED) is 0.149. The molecule has 8 heteroatoms. The van der Waals surface area contributed by atoms with Crippen molar-refractivity contribution in [3.63, 3.8) is 0 Å². The molecule has 236 valence electrons. The zero-order chi connectivity index (χ0) is 32.3. The average Bonchev–Trinajstić information content (AvgIpc) is 3.37. The summed E-state index contributed by atoms with van der Waals surface area (Å²) in [5.74, 6) is 0.238. The molecule has 0 saturated heterocycles. The summed E-state index contributed by atoms with van der Waals surface area (Å²) in [5.41, 5.74) is 7.82. The van der Waals surface area contributed by atoms with Crippen LogP contribution in [0.2, 0.25) is 5.02 Å². The Labute approximate surface area is 283 Å². The lowest BCUT2D eigenvalue weighted by atomic mass is 10.0. The monoisotopic (exact) mass is 660 g/mol. The predicted molar refractivity (Wildman–Crippen MR) is 188 cm³/mol. The molecule has 0 fully saturated rings. The number of thioether (sulfide) groups is 1. The van der Waals surface area contributed by atoms with Crippen LogP contribution < -0.4 is 9.47 Å². The van der Waals surface area contributed by atoms with Crippen molar-refractivity contribution in [3.8, 4) is 22.6 Å². The molecule has 1 aliphatic heterocycles. The van der Waals surface area contributed by atoms with Gasteiger partial charge in [0.05, 0.1) is 17.8 Å². The van der Waals surface area contributed by atoms with Crippen molar-refractivity contribution < 1.29 is 19.4 Å². The van der Waals surface area contributed by atoms with Gasteiger partial charge in [0.2, 0.25) is 0 Å². The summed E-state index contributed by atoms with van der Waals surface area (Å²) >= 11 is 8.27. The van der Waals surface area contributed by atoms with Crippen molar-refractivity contribution in [3.05, 3.63) is 142 Å². The van der Waals surface area contributed by atoms with E-state index in [0.717, 1.165) is 45.8 Å². The maximum atomic E-state index is 11.8. The fourth-order valence-corrected chi connectivity index (χ4v) is 7.80. The Morgan fingerprint density at radius 2 is 1.77 bits per heavy atom. The summed E-state index contributed by atoms with van der Waals surface area (Å²) < 4.78 is 14.9. The number of rotatable bonds is 11. The van der Waals surface area contributed by atoms with Gasteiger partial charge >= 0.3 is 5.97 Å². The minimum absolute atomic E-state index is 0.157. The van der Waals surface area contributed by atoms with Gasteiger partial charge in [-0.25, -0.2) is 4.79 Å². The number of hydrogen-bond acceptors (Lipinski definition) is 5. The summed E-state index contributed by atoms with van der Waals surface area (Å²) in [4.78, 5) is 17.7. The van der Waals surface area contributed by atoms with Gasteiger partial charge in [-0.3, -0.25) is 4.98 Å². The molecule has 0 bridgehead atoms. The highest BCUT2D eigenvalue weighted by molar-refractivity contribution is 8.00. The second kappa shape index (κ2) is 13.6. The number of halogens is 1. The van der Waals surface area contributed by atoms with Gasteiger partial charge < -0.3 is 19.1 Å². The van der Waals surface area contributed by atoms with Gasteiger partial charge in [0.1, 0.15) is 23.7 Å². The molecule has 0 saturated carbocycles. The first-order chi connectivity index (χ1) is 22.9. The van der Waals surface area contributed by atoms with Crippen LogP contribution in [-0.2, 0) is 26.0 Å². The van der Waals surface area contributed by atoms with Crippen molar-refractivity contribution in [2.24, 2.45) is 0 Å². The molecule has 6 aromatic rings. The Hall–Kier alpha value is -4.72. The van der Waals surface area contributed by atoms with E-state index in [2.05, 4.69) is 52.9 Å². The van der Waals surface area contributed by atoms with E-state index in [1.807, 2.05) is 60.4 Å². The Morgan fingerprint density at radius 3 is 2.55 bits per heavy atom. The van der Waals surface area contributed by atoms with Gasteiger partial charge in [-0.15, -0.1) is 11.8 Å². The van der Waals surface area contributed by atoms with Crippen molar-refractivity contribution in [1.82, 2.24) is 9.55 Å². The lowest BCUT2D eigenvalue weighted by Gasteiger charge is -2.22. The van der Waals surface area contributed by atoms with E-state index in [4.69, 9.17) is 21.1 Å². The fourth-order valence-electron chi connectivity index (χ4n) is 6.24. The predicted octanol–water partition coefficient (Wildman–Crippen LogP) is 9.34. The van der Waals surface area contributed by atoms with Crippen LogP contribution in [0.4, 0.5) is 0 Å². The average molecular weight is 661 g/mol. The lowest BCUT2D eigenvalue weighted by Crippen LogP contribution is -2.12. The Bertz CT molecular complexity index is 2060. The third-order valence-corrected chi connectivity index (χ3v) is 9.89. The number of aromatic carboxylic acids is 1. The maximum absolute atomic E-state index is 11.8. The largest absolute Gasteiger partial charge is 0.492 e. The Kier molecular flexibility index (Phi) is 8.92. The molecule has 1 atom stereocenters. The number of carboxylic acid groups (broad SMARTS) is 1. The number of para-hydroxylation sites is 1. The zero-order valence-corrected chi connectivity index (χ0v) is 27.4. The SMILES string of the molecule is CC1Cc2c(OCc3ccc(-c4ccccc4)cn3)ccc3c2c(c(CCOc2ccccc2C(=O)O)n3Cc2cccc(Cl)c2)S1. The van der Waals surface area contributed by atoms with Crippen LogP contribution in [0.1, 0.15) is 39.8 Å². The molecule has 2 aromatic heterocycles. The minimum Gasteiger partial charge on any atom is -0.492 e. The number of nitrogens with zero attached hydrogens (tertiary/aromatic N) is 2. The van der Waals surface area contributed by atoms with E-state index in [1.54, 1.807) is 24.3 Å². The fraction of sp³-hybridized carbons (Fsp3) is 0.179. The Balaban J connectivity index is 1.21. The van der Waals surface area contributed by atoms with Crippen LogP contribution in [0.25, 0.3) is 22.0 Å². The minimum atomic E-state index is -1.00. The summed E-state index contributed by atoms with van der Waals surface area (Å²) in [7, 11) is 0. The normalized spacial score (nSPS) is 13.9. The first kappa shape index (κ1) is 30.9. The van der Waals surface area contributed by atoms with Crippen LogP contribution in [0, 0.1) is 0 Å². The highest BCUT2D eigenvalue weighted by atomic mass is 35.5. The van der Waals surface area contributed by atoms with Gasteiger partial charge in [-0.1, -0.05) is 79.2 Å².